The molecule has 25 heavy (non-hydrogen) atoms. The zero-order valence-electron chi connectivity index (χ0n) is 13.2. The van der Waals surface area contributed by atoms with E-state index in [1.165, 1.54) is 18.2 Å². The van der Waals surface area contributed by atoms with Crippen LogP contribution in [-0.4, -0.2) is 27.6 Å². The van der Waals surface area contributed by atoms with Crippen LogP contribution in [-0.2, 0) is 4.79 Å². The van der Waals surface area contributed by atoms with Crippen molar-refractivity contribution < 1.29 is 19.0 Å². The number of nitrogens with one attached hydrogen (secondary N) is 2. The van der Waals surface area contributed by atoms with Gasteiger partial charge in [0.1, 0.15) is 23.5 Å². The number of carbonyl (C=O) groups is 1. The molecule has 8 heteroatoms. The molecule has 3 rings (SSSR count). The van der Waals surface area contributed by atoms with E-state index in [1.54, 1.807) is 25.1 Å². The maximum atomic E-state index is 13.1. The number of aliphatic hydroxyl groups excluding tert-OH is 1. The molecule has 0 saturated carbocycles. The van der Waals surface area contributed by atoms with Crippen molar-refractivity contribution in [3.63, 3.8) is 0 Å². The lowest BCUT2D eigenvalue weighted by molar-refractivity contribution is -0.118. The molecular weight excluding hydrogens is 349 g/mol. The van der Waals surface area contributed by atoms with E-state index in [2.05, 4.69) is 15.3 Å². The van der Waals surface area contributed by atoms with Gasteiger partial charge in [-0.25, -0.2) is 9.37 Å². The second-order valence-electron chi connectivity index (χ2n) is 5.44. The van der Waals surface area contributed by atoms with Crippen molar-refractivity contribution in [3.05, 3.63) is 53.1 Å². The summed E-state index contributed by atoms with van der Waals surface area (Å²) in [6.45, 7) is 1.36. The largest absolute Gasteiger partial charge is 0.484 e. The van der Waals surface area contributed by atoms with E-state index in [4.69, 9.17) is 16.3 Å². The zero-order valence-corrected chi connectivity index (χ0v) is 14.0. The average Bonchev–Trinajstić information content (AvgIpc) is 2.99. The van der Waals surface area contributed by atoms with Crippen molar-refractivity contribution in [2.75, 3.05) is 11.9 Å². The summed E-state index contributed by atoms with van der Waals surface area (Å²) in [4.78, 5) is 19.2. The molecule has 0 aliphatic carbocycles. The van der Waals surface area contributed by atoms with Gasteiger partial charge >= 0.3 is 0 Å². The Morgan fingerprint density at radius 3 is 2.92 bits per heavy atom. The molecule has 1 amide bonds. The Labute approximate surface area is 147 Å². The molecule has 6 nitrogen and oxygen atoms in total. The molecular formula is C17H15ClFN3O3. The van der Waals surface area contributed by atoms with Gasteiger partial charge in [0.25, 0.3) is 5.91 Å². The molecule has 0 spiro atoms. The first-order valence-corrected chi connectivity index (χ1v) is 7.85. The summed E-state index contributed by atoms with van der Waals surface area (Å²) < 4.78 is 18.4. The number of aromatic nitrogens is 2. The Bertz CT molecular complexity index is 927. The fourth-order valence-electron chi connectivity index (χ4n) is 2.22. The van der Waals surface area contributed by atoms with E-state index >= 15 is 0 Å². The van der Waals surface area contributed by atoms with E-state index < -0.39 is 11.9 Å². The number of aromatic amines is 1. The highest BCUT2D eigenvalue weighted by atomic mass is 35.5. The number of carbonyl (C=O) groups excluding carboxylic acids is 1. The predicted molar refractivity (Wildman–Crippen MR) is 92.3 cm³/mol. The Morgan fingerprint density at radius 2 is 2.20 bits per heavy atom. The van der Waals surface area contributed by atoms with Crippen LogP contribution in [0, 0.1) is 5.82 Å². The van der Waals surface area contributed by atoms with Gasteiger partial charge in [0, 0.05) is 11.8 Å². The number of imidazole rings is 1. The number of hydrogen-bond donors (Lipinski definition) is 3. The maximum Gasteiger partial charge on any atom is 0.262 e. The molecule has 0 saturated heterocycles. The van der Waals surface area contributed by atoms with Gasteiger partial charge in [0.2, 0.25) is 0 Å². The third-order valence-corrected chi connectivity index (χ3v) is 3.73. The van der Waals surface area contributed by atoms with Crippen molar-refractivity contribution in [2.45, 2.75) is 13.0 Å². The molecule has 1 unspecified atom stereocenters. The fraction of sp³-hybridized carbons (Fsp3) is 0.176. The number of anilines is 1. The van der Waals surface area contributed by atoms with Crippen LogP contribution in [0.3, 0.4) is 0 Å². The van der Waals surface area contributed by atoms with Gasteiger partial charge in [-0.3, -0.25) is 4.79 Å². The number of rotatable bonds is 5. The van der Waals surface area contributed by atoms with Crippen LogP contribution >= 0.6 is 11.6 Å². The molecule has 3 N–H and O–H groups in total. The lowest BCUT2D eigenvalue weighted by Crippen LogP contribution is -2.20. The first kappa shape index (κ1) is 17.2. The van der Waals surface area contributed by atoms with Crippen LogP contribution in [0.15, 0.2) is 36.4 Å². The van der Waals surface area contributed by atoms with Gasteiger partial charge in [-0.1, -0.05) is 11.6 Å². The normalized spacial score (nSPS) is 12.2. The topological polar surface area (TPSA) is 87.2 Å². The number of benzene rings is 2. The van der Waals surface area contributed by atoms with E-state index in [1.807, 2.05) is 0 Å². The summed E-state index contributed by atoms with van der Waals surface area (Å²) in [5.41, 5.74) is 1.94. The summed E-state index contributed by atoms with van der Waals surface area (Å²) in [6.07, 6.45) is -0.707. The number of nitrogens with zero attached hydrogens (tertiary/aromatic N) is 1. The number of fused-ring (bicyclic) bond motifs is 1. The molecule has 2 aromatic carbocycles. The molecule has 0 aliphatic rings. The Kier molecular flexibility index (Phi) is 4.87. The number of amides is 1. The third-order valence-electron chi connectivity index (χ3n) is 3.44. The minimum atomic E-state index is -0.707. The third kappa shape index (κ3) is 4.07. The summed E-state index contributed by atoms with van der Waals surface area (Å²) in [5, 5.41) is 12.2. The van der Waals surface area contributed by atoms with Crippen LogP contribution in [0.5, 0.6) is 5.75 Å². The van der Waals surface area contributed by atoms with Crippen LogP contribution in [0.25, 0.3) is 11.0 Å². The minimum absolute atomic E-state index is 0.0727. The van der Waals surface area contributed by atoms with Crippen LogP contribution in [0.2, 0.25) is 5.02 Å². The minimum Gasteiger partial charge on any atom is -0.484 e. The Balaban J connectivity index is 1.64. The number of H-pyrrole nitrogens is 1. The van der Waals surface area contributed by atoms with Gasteiger partial charge in [-0.15, -0.1) is 0 Å². The number of aliphatic hydroxyl groups is 1. The van der Waals surface area contributed by atoms with Crippen molar-refractivity contribution >= 4 is 34.2 Å². The molecule has 0 bridgehead atoms. The van der Waals surface area contributed by atoms with Gasteiger partial charge in [-0.05, 0) is 37.3 Å². The van der Waals surface area contributed by atoms with Crippen molar-refractivity contribution in [3.8, 4) is 5.75 Å². The van der Waals surface area contributed by atoms with E-state index in [-0.39, 0.29) is 17.5 Å². The van der Waals surface area contributed by atoms with E-state index in [0.717, 1.165) is 0 Å². The second kappa shape index (κ2) is 7.08. The summed E-state index contributed by atoms with van der Waals surface area (Å²) >= 11 is 5.66. The lowest BCUT2D eigenvalue weighted by Gasteiger charge is -2.08. The molecule has 1 heterocycles. The van der Waals surface area contributed by atoms with E-state index in [0.29, 0.717) is 28.3 Å². The summed E-state index contributed by atoms with van der Waals surface area (Å²) in [6, 6.07) is 9.00. The van der Waals surface area contributed by atoms with Gasteiger partial charge in [0.15, 0.2) is 6.61 Å². The molecule has 0 fully saturated rings. The molecule has 1 atom stereocenters. The maximum absolute atomic E-state index is 13.1. The van der Waals surface area contributed by atoms with Crippen LogP contribution in [0.1, 0.15) is 18.9 Å². The van der Waals surface area contributed by atoms with Crippen LogP contribution in [0.4, 0.5) is 10.1 Å². The van der Waals surface area contributed by atoms with Gasteiger partial charge in [0.05, 0.1) is 16.1 Å². The fourth-order valence-corrected chi connectivity index (χ4v) is 2.39. The Morgan fingerprint density at radius 1 is 1.40 bits per heavy atom. The average molecular weight is 364 g/mol. The van der Waals surface area contributed by atoms with Crippen LogP contribution < -0.4 is 10.1 Å². The number of hydrogen-bond acceptors (Lipinski definition) is 4. The SMILES string of the molecule is CC(O)c1nc2ccc(NC(=O)COc3ccc(F)c(Cl)c3)cc2[nH]1. The van der Waals surface area contributed by atoms with Crippen molar-refractivity contribution in [2.24, 2.45) is 0 Å². The zero-order chi connectivity index (χ0) is 18.0. The molecule has 1 aromatic heterocycles. The summed E-state index contributed by atoms with van der Waals surface area (Å²) in [5.74, 6) is -0.180. The first-order chi connectivity index (χ1) is 11.9. The molecule has 0 aliphatic heterocycles. The highest BCUT2D eigenvalue weighted by Gasteiger charge is 2.10. The second-order valence-corrected chi connectivity index (χ2v) is 5.85. The highest BCUT2D eigenvalue weighted by molar-refractivity contribution is 6.30. The number of halogens is 2. The standard InChI is InChI=1S/C17H15ClFN3O3/c1-9(23)17-21-14-5-2-10(6-15(14)22-17)20-16(24)8-25-11-3-4-13(19)12(18)7-11/h2-7,9,23H,8H2,1H3,(H,20,24)(H,21,22). The predicted octanol–water partition coefficient (Wildman–Crippen LogP) is 3.43. The highest BCUT2D eigenvalue weighted by Crippen LogP contribution is 2.22. The lowest BCUT2D eigenvalue weighted by atomic mass is 10.3. The van der Waals surface area contributed by atoms with Gasteiger partial charge < -0.3 is 20.1 Å². The molecule has 3 aromatic rings. The molecule has 0 radical (unpaired) electrons. The smallest absolute Gasteiger partial charge is 0.262 e. The quantitative estimate of drug-likeness (QED) is 0.648. The monoisotopic (exact) mass is 363 g/mol. The first-order valence-electron chi connectivity index (χ1n) is 7.48. The Hall–Kier alpha value is -2.64. The molecule has 130 valence electrons. The number of ether oxygens (including phenoxy) is 1. The van der Waals surface area contributed by atoms with Crippen molar-refractivity contribution in [1.29, 1.82) is 0 Å². The van der Waals surface area contributed by atoms with Gasteiger partial charge in [-0.2, -0.15) is 0 Å². The summed E-state index contributed by atoms with van der Waals surface area (Å²) in [7, 11) is 0. The van der Waals surface area contributed by atoms with E-state index in [9.17, 15) is 14.3 Å². The van der Waals surface area contributed by atoms with Crippen molar-refractivity contribution in [1.82, 2.24) is 9.97 Å².